The highest BCUT2D eigenvalue weighted by atomic mass is 32.2. The number of anilines is 1. The zero-order valence-corrected chi connectivity index (χ0v) is 13.3. The van der Waals surface area contributed by atoms with Crippen LogP contribution in [0.2, 0.25) is 0 Å². The van der Waals surface area contributed by atoms with Crippen LogP contribution in [-0.4, -0.2) is 24.3 Å². The van der Waals surface area contributed by atoms with Crippen LogP contribution in [0.3, 0.4) is 0 Å². The first kappa shape index (κ1) is 14.5. The molecule has 0 spiro atoms. The van der Waals surface area contributed by atoms with E-state index in [1.165, 1.54) is 15.7 Å². The van der Waals surface area contributed by atoms with Crippen LogP contribution in [0.25, 0.3) is 4.96 Å². The van der Waals surface area contributed by atoms with Crippen LogP contribution >= 0.6 is 22.7 Å². The zero-order chi connectivity index (χ0) is 14.9. The summed E-state index contributed by atoms with van der Waals surface area (Å²) in [5.74, 6) is 5.51. The van der Waals surface area contributed by atoms with Crippen LogP contribution < -0.4 is 16.0 Å². The van der Waals surface area contributed by atoms with Gasteiger partial charge in [0.15, 0.2) is 10.8 Å². The number of aromatic nitrogens is 2. The molecule has 0 aromatic carbocycles. The molecule has 0 aliphatic heterocycles. The number of thiophene rings is 1. The van der Waals surface area contributed by atoms with Crippen molar-refractivity contribution in [1.82, 2.24) is 14.1 Å². The van der Waals surface area contributed by atoms with Crippen molar-refractivity contribution in [3.63, 3.8) is 0 Å². The lowest BCUT2D eigenvalue weighted by atomic mass is 10.3. The van der Waals surface area contributed by atoms with Crippen molar-refractivity contribution in [3.8, 4) is 0 Å². The number of hydrogen-bond acceptors (Lipinski definition) is 7. The SMILES string of the molecule is NNc1nc2sccn2c1S(=O)(=O)NCCc1cccs1. The number of rotatable bonds is 6. The van der Waals surface area contributed by atoms with E-state index in [4.69, 9.17) is 5.84 Å². The number of sulfonamides is 1. The Hall–Kier alpha value is -1.46. The third-order valence-electron chi connectivity index (χ3n) is 2.85. The van der Waals surface area contributed by atoms with E-state index in [1.807, 2.05) is 17.5 Å². The molecule has 0 fully saturated rings. The summed E-state index contributed by atoms with van der Waals surface area (Å²) in [6.45, 7) is 0.324. The maximum Gasteiger partial charge on any atom is 0.260 e. The Labute approximate surface area is 129 Å². The highest BCUT2D eigenvalue weighted by Gasteiger charge is 2.25. The van der Waals surface area contributed by atoms with Gasteiger partial charge < -0.3 is 5.43 Å². The van der Waals surface area contributed by atoms with Gasteiger partial charge in [-0.15, -0.1) is 22.7 Å². The summed E-state index contributed by atoms with van der Waals surface area (Å²) in [4.78, 5) is 5.84. The summed E-state index contributed by atoms with van der Waals surface area (Å²) in [6.07, 6.45) is 2.30. The fourth-order valence-electron chi connectivity index (χ4n) is 1.95. The van der Waals surface area contributed by atoms with Crippen molar-refractivity contribution in [2.24, 2.45) is 5.84 Å². The molecular formula is C11H13N5O2S3. The van der Waals surface area contributed by atoms with Crippen molar-refractivity contribution in [2.45, 2.75) is 11.4 Å². The summed E-state index contributed by atoms with van der Waals surface area (Å²) in [5.41, 5.74) is 2.34. The van der Waals surface area contributed by atoms with E-state index in [-0.39, 0.29) is 10.8 Å². The number of nitrogens with two attached hydrogens (primary N) is 1. The smallest absolute Gasteiger partial charge is 0.260 e. The lowest BCUT2D eigenvalue weighted by Gasteiger charge is -2.07. The first-order chi connectivity index (χ1) is 10.1. The molecule has 7 nitrogen and oxygen atoms in total. The zero-order valence-electron chi connectivity index (χ0n) is 10.8. The van der Waals surface area contributed by atoms with Crippen molar-refractivity contribution in [2.75, 3.05) is 12.0 Å². The average molecular weight is 343 g/mol. The molecule has 0 bridgehead atoms. The van der Waals surface area contributed by atoms with Crippen molar-refractivity contribution >= 4 is 43.5 Å². The van der Waals surface area contributed by atoms with Crippen LogP contribution in [0.15, 0.2) is 34.1 Å². The summed E-state index contributed by atoms with van der Waals surface area (Å²) in [6, 6.07) is 3.92. The van der Waals surface area contributed by atoms with E-state index < -0.39 is 10.0 Å². The third kappa shape index (κ3) is 2.80. The van der Waals surface area contributed by atoms with E-state index in [1.54, 1.807) is 22.9 Å². The molecule has 3 aromatic heterocycles. The van der Waals surface area contributed by atoms with Crippen molar-refractivity contribution in [1.29, 1.82) is 0 Å². The summed E-state index contributed by atoms with van der Waals surface area (Å²) >= 11 is 2.94. The Bertz CT molecular complexity index is 835. The Kier molecular flexibility index (Phi) is 3.95. The van der Waals surface area contributed by atoms with Gasteiger partial charge >= 0.3 is 0 Å². The highest BCUT2D eigenvalue weighted by molar-refractivity contribution is 7.89. The maximum absolute atomic E-state index is 12.5. The molecule has 0 aliphatic rings. The molecule has 3 heterocycles. The first-order valence-corrected chi connectivity index (χ1v) is 9.30. The van der Waals surface area contributed by atoms with Crippen LogP contribution in [0.1, 0.15) is 4.88 Å². The topological polar surface area (TPSA) is 102 Å². The van der Waals surface area contributed by atoms with Gasteiger partial charge in [-0.1, -0.05) is 6.07 Å². The van der Waals surface area contributed by atoms with E-state index in [0.717, 1.165) is 4.88 Å². The van der Waals surface area contributed by atoms with E-state index in [2.05, 4.69) is 15.1 Å². The van der Waals surface area contributed by atoms with Gasteiger partial charge in [-0.05, 0) is 17.9 Å². The molecular weight excluding hydrogens is 330 g/mol. The number of nitrogen functional groups attached to an aromatic ring is 1. The molecule has 0 radical (unpaired) electrons. The molecule has 4 N–H and O–H groups in total. The summed E-state index contributed by atoms with van der Waals surface area (Å²) in [7, 11) is -3.69. The second-order valence-electron chi connectivity index (χ2n) is 4.19. The third-order valence-corrected chi connectivity index (χ3v) is 6.03. The molecule has 0 saturated heterocycles. The van der Waals surface area contributed by atoms with Crippen LogP contribution in [-0.2, 0) is 16.4 Å². The fourth-order valence-corrected chi connectivity index (χ4v) is 4.70. The second-order valence-corrected chi connectivity index (χ2v) is 7.78. The quantitative estimate of drug-likeness (QED) is 0.462. The van der Waals surface area contributed by atoms with Crippen LogP contribution in [0.4, 0.5) is 5.82 Å². The Morgan fingerprint density at radius 1 is 1.33 bits per heavy atom. The average Bonchev–Trinajstić information content (AvgIpc) is 3.13. The molecule has 0 saturated carbocycles. The van der Waals surface area contributed by atoms with Gasteiger partial charge in [-0.25, -0.2) is 19.0 Å². The molecule has 0 aliphatic carbocycles. The van der Waals surface area contributed by atoms with Gasteiger partial charge in [-0.2, -0.15) is 4.98 Å². The Morgan fingerprint density at radius 2 is 2.19 bits per heavy atom. The molecule has 3 rings (SSSR count). The number of thiazole rings is 1. The van der Waals surface area contributed by atoms with Crippen LogP contribution in [0.5, 0.6) is 0 Å². The fraction of sp³-hybridized carbons (Fsp3) is 0.182. The lowest BCUT2D eigenvalue weighted by Crippen LogP contribution is -2.28. The molecule has 112 valence electrons. The molecule has 0 atom stereocenters. The standard InChI is InChI=1S/C11H13N5O2S3/c12-15-9-10(16-5-7-20-11(16)14-9)21(17,18)13-4-3-8-2-1-6-19-8/h1-2,5-7,13,15H,3-4,12H2. The largest absolute Gasteiger partial charge is 0.306 e. The van der Waals surface area contributed by atoms with Crippen molar-refractivity contribution in [3.05, 3.63) is 34.0 Å². The minimum atomic E-state index is -3.69. The van der Waals surface area contributed by atoms with Gasteiger partial charge in [0.05, 0.1) is 0 Å². The number of imidazole rings is 1. The van der Waals surface area contributed by atoms with Crippen molar-refractivity contribution < 1.29 is 8.42 Å². The maximum atomic E-state index is 12.5. The number of nitrogens with one attached hydrogen (secondary N) is 2. The second kappa shape index (κ2) is 5.73. The van der Waals surface area contributed by atoms with Gasteiger partial charge in [-0.3, -0.25) is 4.40 Å². The number of nitrogens with zero attached hydrogens (tertiary/aromatic N) is 2. The van der Waals surface area contributed by atoms with Gasteiger partial charge in [0, 0.05) is 23.0 Å². The van der Waals surface area contributed by atoms with Gasteiger partial charge in [0.1, 0.15) is 0 Å². The minimum absolute atomic E-state index is 0.0347. The number of hydrazine groups is 1. The summed E-state index contributed by atoms with van der Waals surface area (Å²) in [5, 5.41) is 3.77. The van der Waals surface area contributed by atoms with Crippen LogP contribution in [0, 0.1) is 0 Å². The number of fused-ring (bicyclic) bond motifs is 1. The summed E-state index contributed by atoms with van der Waals surface area (Å²) < 4.78 is 29.0. The van der Waals surface area contributed by atoms with Gasteiger partial charge in [0.2, 0.25) is 5.03 Å². The van der Waals surface area contributed by atoms with E-state index in [9.17, 15) is 8.42 Å². The number of hydrogen-bond donors (Lipinski definition) is 3. The predicted octanol–water partition coefficient (Wildman–Crippen LogP) is 1.26. The molecule has 10 heteroatoms. The molecule has 0 amide bonds. The Morgan fingerprint density at radius 3 is 2.90 bits per heavy atom. The normalized spacial score (nSPS) is 12.0. The molecule has 21 heavy (non-hydrogen) atoms. The monoisotopic (exact) mass is 343 g/mol. The van der Waals surface area contributed by atoms with Gasteiger partial charge in [0.25, 0.3) is 10.0 Å². The molecule has 0 unspecified atom stereocenters. The van der Waals surface area contributed by atoms with E-state index >= 15 is 0 Å². The lowest BCUT2D eigenvalue weighted by molar-refractivity contribution is 0.577. The molecule has 3 aromatic rings. The predicted molar refractivity (Wildman–Crippen MR) is 84.1 cm³/mol. The minimum Gasteiger partial charge on any atom is -0.306 e. The first-order valence-electron chi connectivity index (χ1n) is 6.06. The van der Waals surface area contributed by atoms with E-state index in [0.29, 0.717) is 17.9 Å². The Balaban J connectivity index is 1.84. The highest BCUT2D eigenvalue weighted by Crippen LogP contribution is 2.24.